The number of hydrogen-bond donors (Lipinski definition) is 2. The molecule has 0 aromatic carbocycles. The van der Waals surface area contributed by atoms with Gasteiger partial charge in [0.1, 0.15) is 0 Å². The van der Waals surface area contributed by atoms with Gasteiger partial charge < -0.3 is 15.6 Å². The van der Waals surface area contributed by atoms with Crippen molar-refractivity contribution >= 4 is 0 Å². The lowest BCUT2D eigenvalue weighted by atomic mass is 9.92. The lowest BCUT2D eigenvalue weighted by Gasteiger charge is -2.31. The highest BCUT2D eigenvalue weighted by molar-refractivity contribution is 5.18. The van der Waals surface area contributed by atoms with Crippen molar-refractivity contribution in [1.82, 2.24) is 0 Å². The van der Waals surface area contributed by atoms with E-state index in [0.717, 1.165) is 19.6 Å². The van der Waals surface area contributed by atoms with E-state index >= 15 is 0 Å². The van der Waals surface area contributed by atoms with Gasteiger partial charge in [-0.2, -0.15) is 0 Å². The Bertz CT molecular complexity index is 150. The van der Waals surface area contributed by atoms with Crippen LogP contribution in [-0.2, 0) is 4.74 Å². The van der Waals surface area contributed by atoms with E-state index in [0.29, 0.717) is 6.54 Å². The second-order valence-corrected chi connectivity index (χ2v) is 3.59. The zero-order valence-electron chi connectivity index (χ0n) is 5.97. The van der Waals surface area contributed by atoms with E-state index in [4.69, 9.17) is 15.6 Å². The Morgan fingerprint density at radius 2 is 2.20 bits per heavy atom. The number of ether oxygens (including phenoxy) is 1. The zero-order valence-corrected chi connectivity index (χ0v) is 5.97. The van der Waals surface area contributed by atoms with Gasteiger partial charge in [0.25, 0.3) is 0 Å². The fraction of sp³-hybridized carbons (Fsp3) is 1.00. The van der Waals surface area contributed by atoms with Gasteiger partial charge in [-0.05, 0) is 6.42 Å². The molecule has 1 spiro atoms. The van der Waals surface area contributed by atoms with E-state index in [1.807, 2.05) is 0 Å². The van der Waals surface area contributed by atoms with Crippen molar-refractivity contribution in [3.63, 3.8) is 0 Å². The van der Waals surface area contributed by atoms with Gasteiger partial charge in [0, 0.05) is 17.4 Å². The van der Waals surface area contributed by atoms with Crippen molar-refractivity contribution in [2.45, 2.75) is 6.42 Å². The van der Waals surface area contributed by atoms with Gasteiger partial charge in [-0.25, -0.2) is 0 Å². The van der Waals surface area contributed by atoms with E-state index in [-0.39, 0.29) is 17.4 Å². The van der Waals surface area contributed by atoms with Crippen LogP contribution in [0.2, 0.25) is 0 Å². The smallest absolute Gasteiger partial charge is 0.0551 e. The Hall–Kier alpha value is -0.120. The lowest BCUT2D eigenvalue weighted by molar-refractivity contribution is -0.0786. The third-order valence-electron chi connectivity index (χ3n) is 3.13. The Balaban J connectivity index is 2.06. The number of rotatable bonds is 2. The topological polar surface area (TPSA) is 55.5 Å². The molecule has 10 heavy (non-hydrogen) atoms. The average molecular weight is 143 g/mol. The molecule has 1 aliphatic carbocycles. The summed E-state index contributed by atoms with van der Waals surface area (Å²) in [5.41, 5.74) is 5.87. The van der Waals surface area contributed by atoms with Crippen LogP contribution in [0.4, 0.5) is 0 Å². The molecule has 0 bridgehead atoms. The molecule has 1 aliphatic heterocycles. The predicted octanol–water partition coefficient (Wildman–Crippen LogP) is -0.656. The van der Waals surface area contributed by atoms with Gasteiger partial charge >= 0.3 is 0 Å². The molecule has 3 nitrogen and oxygen atoms in total. The first-order valence-electron chi connectivity index (χ1n) is 3.67. The molecule has 0 aromatic heterocycles. The van der Waals surface area contributed by atoms with E-state index < -0.39 is 0 Å². The molecule has 0 amide bonds. The summed E-state index contributed by atoms with van der Waals surface area (Å²) in [7, 11) is 0. The summed E-state index contributed by atoms with van der Waals surface area (Å²) in [4.78, 5) is 0. The summed E-state index contributed by atoms with van der Waals surface area (Å²) in [5, 5.41) is 9.02. The Kier molecular flexibility index (Phi) is 1.14. The van der Waals surface area contributed by atoms with E-state index in [2.05, 4.69) is 0 Å². The SMILES string of the molecule is NCC1(CO)CC12COC2. The van der Waals surface area contributed by atoms with Crippen LogP contribution in [0.25, 0.3) is 0 Å². The monoisotopic (exact) mass is 143 g/mol. The van der Waals surface area contributed by atoms with E-state index in [9.17, 15) is 0 Å². The van der Waals surface area contributed by atoms with Crippen LogP contribution in [0.15, 0.2) is 0 Å². The van der Waals surface area contributed by atoms with Crippen molar-refractivity contribution < 1.29 is 9.84 Å². The fourth-order valence-electron chi connectivity index (χ4n) is 1.94. The molecule has 1 saturated heterocycles. The molecule has 1 saturated carbocycles. The lowest BCUT2D eigenvalue weighted by Crippen LogP contribution is -2.39. The van der Waals surface area contributed by atoms with Gasteiger partial charge in [0.15, 0.2) is 0 Å². The number of hydrogen-bond acceptors (Lipinski definition) is 3. The van der Waals surface area contributed by atoms with Crippen LogP contribution in [0.1, 0.15) is 6.42 Å². The summed E-state index contributed by atoms with van der Waals surface area (Å²) in [5.74, 6) is 0. The first-order valence-corrected chi connectivity index (χ1v) is 3.67. The van der Waals surface area contributed by atoms with Gasteiger partial charge in [0.2, 0.25) is 0 Å². The Morgan fingerprint density at radius 1 is 1.50 bits per heavy atom. The van der Waals surface area contributed by atoms with Crippen molar-refractivity contribution in [2.24, 2.45) is 16.6 Å². The molecular formula is C7H13NO2. The van der Waals surface area contributed by atoms with Crippen LogP contribution in [-0.4, -0.2) is 31.5 Å². The van der Waals surface area contributed by atoms with Gasteiger partial charge in [-0.15, -0.1) is 0 Å². The van der Waals surface area contributed by atoms with Crippen LogP contribution >= 0.6 is 0 Å². The summed E-state index contributed by atoms with van der Waals surface area (Å²) >= 11 is 0. The van der Waals surface area contributed by atoms with Gasteiger partial charge in [-0.3, -0.25) is 0 Å². The molecule has 0 aromatic rings. The molecule has 2 rings (SSSR count). The van der Waals surface area contributed by atoms with Crippen LogP contribution < -0.4 is 5.73 Å². The highest BCUT2D eigenvalue weighted by atomic mass is 16.5. The molecule has 3 N–H and O–H groups in total. The second-order valence-electron chi connectivity index (χ2n) is 3.59. The van der Waals surface area contributed by atoms with E-state index in [1.54, 1.807) is 0 Å². The maximum atomic E-state index is 9.02. The molecule has 3 heteroatoms. The van der Waals surface area contributed by atoms with Crippen molar-refractivity contribution in [2.75, 3.05) is 26.4 Å². The molecule has 2 aliphatic rings. The van der Waals surface area contributed by atoms with Gasteiger partial charge in [0.05, 0.1) is 19.8 Å². The van der Waals surface area contributed by atoms with Crippen LogP contribution in [0, 0.1) is 10.8 Å². The largest absolute Gasteiger partial charge is 0.396 e. The van der Waals surface area contributed by atoms with E-state index in [1.165, 1.54) is 0 Å². The van der Waals surface area contributed by atoms with Gasteiger partial charge in [-0.1, -0.05) is 0 Å². The summed E-state index contributed by atoms with van der Waals surface area (Å²) in [6, 6.07) is 0. The quantitative estimate of drug-likeness (QED) is 0.539. The molecule has 2 fully saturated rings. The first-order chi connectivity index (χ1) is 4.79. The Labute approximate surface area is 60.2 Å². The minimum Gasteiger partial charge on any atom is -0.396 e. The molecule has 1 heterocycles. The first kappa shape index (κ1) is 6.58. The Morgan fingerprint density at radius 3 is 2.30 bits per heavy atom. The zero-order chi connectivity index (χ0) is 7.24. The predicted molar refractivity (Wildman–Crippen MR) is 36.4 cm³/mol. The molecule has 1 atom stereocenters. The van der Waals surface area contributed by atoms with Crippen molar-refractivity contribution in [1.29, 1.82) is 0 Å². The molecular weight excluding hydrogens is 130 g/mol. The van der Waals surface area contributed by atoms with Crippen molar-refractivity contribution in [3.8, 4) is 0 Å². The third kappa shape index (κ3) is 0.516. The molecule has 0 radical (unpaired) electrons. The maximum Gasteiger partial charge on any atom is 0.0551 e. The minimum atomic E-state index is 0.0330. The summed E-state index contributed by atoms with van der Waals surface area (Å²) < 4.78 is 5.09. The number of nitrogens with two attached hydrogens (primary N) is 1. The van der Waals surface area contributed by atoms with Crippen LogP contribution in [0.5, 0.6) is 0 Å². The minimum absolute atomic E-state index is 0.0330. The molecule has 58 valence electrons. The number of aliphatic hydroxyl groups excluding tert-OH is 1. The summed E-state index contributed by atoms with van der Waals surface area (Å²) in [6.07, 6.45) is 1.06. The van der Waals surface area contributed by atoms with Crippen LogP contribution in [0.3, 0.4) is 0 Å². The highest BCUT2D eigenvalue weighted by Gasteiger charge is 2.69. The second kappa shape index (κ2) is 1.72. The molecule has 1 unspecified atom stereocenters. The third-order valence-corrected chi connectivity index (χ3v) is 3.13. The standard InChI is InChI=1S/C7H13NO2/c8-2-6(3-9)1-7(6)4-10-5-7/h9H,1-5,8H2. The average Bonchev–Trinajstić information content (AvgIpc) is 2.57. The normalized spacial score (nSPS) is 41.4. The maximum absolute atomic E-state index is 9.02. The fourth-order valence-corrected chi connectivity index (χ4v) is 1.94. The highest BCUT2D eigenvalue weighted by Crippen LogP contribution is 2.66. The van der Waals surface area contributed by atoms with Crippen molar-refractivity contribution in [3.05, 3.63) is 0 Å². The number of aliphatic hydroxyl groups is 1. The summed E-state index contributed by atoms with van der Waals surface area (Å²) in [6.45, 7) is 2.45.